The van der Waals surface area contributed by atoms with E-state index in [1.807, 2.05) is 13.1 Å². The molecular weight excluding hydrogens is 296 g/mol. The number of nitrogens with two attached hydrogens (primary N) is 1. The number of piperidine rings is 1. The molecule has 23 heavy (non-hydrogen) atoms. The van der Waals surface area contributed by atoms with Crippen molar-refractivity contribution in [3.8, 4) is 0 Å². The number of primary amides is 1. The van der Waals surface area contributed by atoms with Gasteiger partial charge in [0.1, 0.15) is 12.6 Å². The number of nitrogens with zero attached hydrogens (tertiary/aromatic N) is 3. The van der Waals surface area contributed by atoms with Gasteiger partial charge in [0.2, 0.25) is 11.8 Å². The quantitative estimate of drug-likeness (QED) is 0.876. The molecule has 1 atom stereocenters. The Bertz CT molecular complexity index is 586. The Kier molecular flexibility index (Phi) is 4.39. The molecule has 3 rings (SSSR count). The summed E-state index contributed by atoms with van der Waals surface area (Å²) in [6.45, 7) is 3.91. The van der Waals surface area contributed by atoms with Crippen LogP contribution in [0, 0.1) is 12.3 Å². The van der Waals surface area contributed by atoms with Gasteiger partial charge in [-0.1, -0.05) is 0 Å². The SMILES string of the molecule is Cc1cnn(CC(=O)N2CCCC3(CCOCC3)C2C(N)=O)c1. The number of carbonyl (C=O) groups excluding carboxylic acids is 2. The molecule has 2 aliphatic rings. The summed E-state index contributed by atoms with van der Waals surface area (Å²) in [6.07, 6.45) is 6.93. The van der Waals surface area contributed by atoms with Crippen LogP contribution in [-0.4, -0.2) is 52.3 Å². The predicted molar refractivity (Wildman–Crippen MR) is 83.4 cm³/mol. The third kappa shape index (κ3) is 3.10. The second kappa shape index (κ2) is 6.31. The van der Waals surface area contributed by atoms with Gasteiger partial charge in [-0.15, -0.1) is 0 Å². The maximum absolute atomic E-state index is 12.7. The van der Waals surface area contributed by atoms with E-state index in [1.54, 1.807) is 15.8 Å². The van der Waals surface area contributed by atoms with E-state index in [0.29, 0.717) is 19.8 Å². The van der Waals surface area contributed by atoms with Crippen molar-refractivity contribution in [1.29, 1.82) is 0 Å². The third-order valence-corrected chi connectivity index (χ3v) is 5.10. The van der Waals surface area contributed by atoms with Crippen LogP contribution < -0.4 is 5.73 Å². The number of hydrogen-bond donors (Lipinski definition) is 1. The summed E-state index contributed by atoms with van der Waals surface area (Å²) < 4.78 is 7.06. The molecule has 1 aromatic rings. The Morgan fingerprint density at radius 3 is 2.74 bits per heavy atom. The van der Waals surface area contributed by atoms with Crippen LogP contribution in [0.5, 0.6) is 0 Å². The van der Waals surface area contributed by atoms with E-state index in [1.165, 1.54) is 0 Å². The molecule has 1 unspecified atom stereocenters. The molecule has 126 valence electrons. The molecular formula is C16H24N4O3. The van der Waals surface area contributed by atoms with Gasteiger partial charge in [0.15, 0.2) is 0 Å². The molecule has 2 aliphatic heterocycles. The van der Waals surface area contributed by atoms with E-state index < -0.39 is 11.9 Å². The number of hydrogen-bond acceptors (Lipinski definition) is 4. The Hall–Kier alpha value is -1.89. The lowest BCUT2D eigenvalue weighted by atomic mass is 9.67. The van der Waals surface area contributed by atoms with Crippen molar-refractivity contribution in [2.24, 2.45) is 11.1 Å². The van der Waals surface area contributed by atoms with Gasteiger partial charge in [-0.05, 0) is 38.2 Å². The van der Waals surface area contributed by atoms with Gasteiger partial charge >= 0.3 is 0 Å². The van der Waals surface area contributed by atoms with Crippen molar-refractivity contribution in [2.75, 3.05) is 19.8 Å². The summed E-state index contributed by atoms with van der Waals surface area (Å²) >= 11 is 0. The Morgan fingerprint density at radius 1 is 1.39 bits per heavy atom. The maximum atomic E-state index is 12.7. The average Bonchev–Trinajstić information content (AvgIpc) is 2.92. The monoisotopic (exact) mass is 320 g/mol. The number of carbonyl (C=O) groups is 2. The van der Waals surface area contributed by atoms with Gasteiger partial charge in [0.05, 0.1) is 6.20 Å². The fraction of sp³-hybridized carbons (Fsp3) is 0.688. The lowest BCUT2D eigenvalue weighted by Crippen LogP contribution is -2.62. The Morgan fingerprint density at radius 2 is 2.13 bits per heavy atom. The fourth-order valence-electron chi connectivity index (χ4n) is 4.01. The molecule has 7 heteroatoms. The van der Waals surface area contributed by atoms with E-state index in [2.05, 4.69) is 5.10 Å². The van der Waals surface area contributed by atoms with Crippen LogP contribution in [-0.2, 0) is 20.9 Å². The van der Waals surface area contributed by atoms with Gasteiger partial charge in [-0.3, -0.25) is 14.3 Å². The molecule has 1 spiro atoms. The first-order chi connectivity index (χ1) is 11.0. The summed E-state index contributed by atoms with van der Waals surface area (Å²) in [4.78, 5) is 26.6. The number of rotatable bonds is 3. The first-order valence-corrected chi connectivity index (χ1v) is 8.17. The first-order valence-electron chi connectivity index (χ1n) is 8.17. The van der Waals surface area contributed by atoms with Crippen LogP contribution in [0.1, 0.15) is 31.2 Å². The highest BCUT2D eigenvalue weighted by molar-refractivity contribution is 5.87. The van der Waals surface area contributed by atoms with Gasteiger partial charge < -0.3 is 15.4 Å². The Balaban J connectivity index is 1.81. The van der Waals surface area contributed by atoms with E-state index in [0.717, 1.165) is 31.2 Å². The molecule has 2 N–H and O–H groups in total. The molecule has 0 aromatic carbocycles. The lowest BCUT2D eigenvalue weighted by Gasteiger charge is -2.50. The zero-order valence-electron chi connectivity index (χ0n) is 13.5. The minimum absolute atomic E-state index is 0.0949. The summed E-state index contributed by atoms with van der Waals surface area (Å²) in [6, 6.07) is -0.538. The van der Waals surface area contributed by atoms with Crippen LogP contribution >= 0.6 is 0 Å². The number of ether oxygens (including phenoxy) is 1. The van der Waals surface area contributed by atoms with Gasteiger partial charge in [0, 0.05) is 31.4 Å². The predicted octanol–water partition coefficient (Wildman–Crippen LogP) is 0.465. The minimum atomic E-state index is -0.538. The normalized spacial score (nSPS) is 23.9. The molecule has 0 bridgehead atoms. The van der Waals surface area contributed by atoms with E-state index in [4.69, 9.17) is 10.5 Å². The lowest BCUT2D eigenvalue weighted by molar-refractivity contribution is -0.154. The minimum Gasteiger partial charge on any atom is -0.381 e. The smallest absolute Gasteiger partial charge is 0.245 e. The molecule has 0 saturated carbocycles. The molecule has 3 heterocycles. The van der Waals surface area contributed by atoms with Crippen molar-refractivity contribution in [3.05, 3.63) is 18.0 Å². The number of aryl methyl sites for hydroxylation is 1. The molecule has 2 amide bonds. The molecule has 7 nitrogen and oxygen atoms in total. The summed E-state index contributed by atoms with van der Waals surface area (Å²) in [7, 11) is 0. The van der Waals surface area contributed by atoms with Crippen molar-refractivity contribution in [3.63, 3.8) is 0 Å². The van der Waals surface area contributed by atoms with Crippen LogP contribution in [0.15, 0.2) is 12.4 Å². The first kappa shape index (κ1) is 16.0. The largest absolute Gasteiger partial charge is 0.381 e. The summed E-state index contributed by atoms with van der Waals surface area (Å²) in [5.74, 6) is -0.501. The van der Waals surface area contributed by atoms with Crippen LogP contribution in [0.3, 0.4) is 0 Å². The molecule has 2 saturated heterocycles. The third-order valence-electron chi connectivity index (χ3n) is 5.10. The molecule has 0 aliphatic carbocycles. The van der Waals surface area contributed by atoms with Crippen molar-refractivity contribution in [2.45, 2.75) is 45.2 Å². The fourth-order valence-corrected chi connectivity index (χ4v) is 4.01. The maximum Gasteiger partial charge on any atom is 0.245 e. The van der Waals surface area contributed by atoms with E-state index >= 15 is 0 Å². The highest BCUT2D eigenvalue weighted by Gasteiger charge is 2.49. The summed E-state index contributed by atoms with van der Waals surface area (Å²) in [5, 5.41) is 4.16. The second-order valence-electron chi connectivity index (χ2n) is 6.69. The average molecular weight is 320 g/mol. The Labute approximate surface area is 135 Å². The van der Waals surface area contributed by atoms with Crippen molar-refractivity contribution < 1.29 is 14.3 Å². The standard InChI is InChI=1S/C16H24N4O3/c1-12-9-18-19(10-12)11-13(21)20-6-2-3-16(14(20)15(17)22)4-7-23-8-5-16/h9-10,14H,2-8,11H2,1H3,(H2,17,22). The van der Waals surface area contributed by atoms with E-state index in [9.17, 15) is 9.59 Å². The molecule has 0 radical (unpaired) electrons. The molecule has 2 fully saturated rings. The van der Waals surface area contributed by atoms with E-state index in [-0.39, 0.29) is 17.9 Å². The highest BCUT2D eigenvalue weighted by atomic mass is 16.5. The number of likely N-dealkylation sites (tertiary alicyclic amines) is 1. The van der Waals surface area contributed by atoms with Gasteiger partial charge in [-0.25, -0.2) is 0 Å². The zero-order chi connectivity index (χ0) is 16.4. The summed E-state index contributed by atoms with van der Waals surface area (Å²) in [5.41, 5.74) is 6.48. The second-order valence-corrected chi connectivity index (χ2v) is 6.69. The van der Waals surface area contributed by atoms with Gasteiger partial charge in [0.25, 0.3) is 0 Å². The van der Waals surface area contributed by atoms with Crippen molar-refractivity contribution >= 4 is 11.8 Å². The topological polar surface area (TPSA) is 90.4 Å². The van der Waals surface area contributed by atoms with Crippen LogP contribution in [0.25, 0.3) is 0 Å². The number of aromatic nitrogens is 2. The highest BCUT2D eigenvalue weighted by Crippen LogP contribution is 2.44. The number of amides is 2. The molecule has 1 aromatic heterocycles. The van der Waals surface area contributed by atoms with Crippen LogP contribution in [0.4, 0.5) is 0 Å². The van der Waals surface area contributed by atoms with Crippen LogP contribution in [0.2, 0.25) is 0 Å². The van der Waals surface area contributed by atoms with Crippen molar-refractivity contribution in [1.82, 2.24) is 14.7 Å². The zero-order valence-corrected chi connectivity index (χ0v) is 13.5. The van der Waals surface area contributed by atoms with Gasteiger partial charge in [-0.2, -0.15) is 5.10 Å².